The van der Waals surface area contributed by atoms with Crippen molar-refractivity contribution < 1.29 is 19.0 Å². The quantitative estimate of drug-likeness (QED) is 0.869. The topological polar surface area (TPSA) is 68.8 Å². The molecule has 2 aliphatic heterocycles. The Balaban J connectivity index is 1.56. The van der Waals surface area contributed by atoms with Gasteiger partial charge in [0.05, 0.1) is 25.2 Å². The van der Waals surface area contributed by atoms with Gasteiger partial charge in [0, 0.05) is 13.1 Å². The molecule has 0 radical (unpaired) electrons. The van der Waals surface area contributed by atoms with Gasteiger partial charge in [0.25, 0.3) is 0 Å². The summed E-state index contributed by atoms with van der Waals surface area (Å²) in [5.41, 5.74) is 1.00. The van der Waals surface area contributed by atoms with E-state index in [9.17, 15) is 4.79 Å². The van der Waals surface area contributed by atoms with Crippen molar-refractivity contribution in [2.24, 2.45) is 0 Å². The number of ether oxygens (including phenoxy) is 3. The largest absolute Gasteiger partial charge is 0.486 e. The molecular formula is C16H22N2O4. The number of carbonyl (C=O) groups excluding carboxylic acids is 1. The van der Waals surface area contributed by atoms with Gasteiger partial charge in [-0.25, -0.2) is 0 Å². The van der Waals surface area contributed by atoms with Crippen molar-refractivity contribution in [2.75, 3.05) is 32.9 Å². The van der Waals surface area contributed by atoms with Crippen LogP contribution in [0.15, 0.2) is 18.2 Å². The van der Waals surface area contributed by atoms with Crippen LogP contribution in [0.1, 0.15) is 24.9 Å². The van der Waals surface area contributed by atoms with Crippen LogP contribution in [0.5, 0.6) is 11.5 Å². The number of rotatable bonds is 4. The average molecular weight is 306 g/mol. The van der Waals surface area contributed by atoms with Gasteiger partial charge in [-0.3, -0.25) is 4.79 Å². The Labute approximate surface area is 130 Å². The monoisotopic (exact) mass is 306 g/mol. The highest BCUT2D eigenvalue weighted by atomic mass is 16.6. The lowest BCUT2D eigenvalue weighted by molar-refractivity contribution is -0.125. The van der Waals surface area contributed by atoms with Crippen LogP contribution >= 0.6 is 0 Å². The molecular weight excluding hydrogens is 284 g/mol. The Hall–Kier alpha value is -1.79. The Bertz CT molecular complexity index is 529. The average Bonchev–Trinajstić information content (AvgIpc) is 2.55. The first-order valence-corrected chi connectivity index (χ1v) is 7.73. The third-order valence-corrected chi connectivity index (χ3v) is 3.86. The molecule has 0 spiro atoms. The van der Waals surface area contributed by atoms with E-state index < -0.39 is 0 Å². The van der Waals surface area contributed by atoms with Crippen molar-refractivity contribution in [1.29, 1.82) is 0 Å². The second kappa shape index (κ2) is 6.98. The SMILES string of the molecule is CC(NC(=O)CC1CNCCO1)c1ccc2c(c1)OCCO2. The van der Waals surface area contributed by atoms with Crippen LogP contribution in [-0.4, -0.2) is 44.9 Å². The molecule has 0 aromatic heterocycles. The number of benzene rings is 1. The zero-order valence-electron chi connectivity index (χ0n) is 12.8. The zero-order chi connectivity index (χ0) is 15.4. The highest BCUT2D eigenvalue weighted by Crippen LogP contribution is 2.32. The number of morpholine rings is 1. The summed E-state index contributed by atoms with van der Waals surface area (Å²) in [5.74, 6) is 1.50. The summed E-state index contributed by atoms with van der Waals surface area (Å²) in [4.78, 5) is 12.1. The van der Waals surface area contributed by atoms with Gasteiger partial charge >= 0.3 is 0 Å². The first-order valence-electron chi connectivity index (χ1n) is 7.73. The van der Waals surface area contributed by atoms with Gasteiger partial charge in [0.1, 0.15) is 13.2 Å². The third-order valence-electron chi connectivity index (χ3n) is 3.86. The van der Waals surface area contributed by atoms with E-state index in [2.05, 4.69) is 10.6 Å². The predicted octanol–water partition coefficient (Wildman–Crippen LogP) is 1.01. The van der Waals surface area contributed by atoms with E-state index in [-0.39, 0.29) is 18.1 Å². The number of fused-ring (bicyclic) bond motifs is 1. The van der Waals surface area contributed by atoms with Crippen LogP contribution in [-0.2, 0) is 9.53 Å². The molecule has 3 rings (SSSR count). The van der Waals surface area contributed by atoms with Crippen molar-refractivity contribution in [3.05, 3.63) is 23.8 Å². The number of carbonyl (C=O) groups is 1. The van der Waals surface area contributed by atoms with Crippen LogP contribution in [0.2, 0.25) is 0 Å². The van der Waals surface area contributed by atoms with Gasteiger partial charge in [-0.05, 0) is 24.6 Å². The van der Waals surface area contributed by atoms with E-state index in [4.69, 9.17) is 14.2 Å². The Morgan fingerprint density at radius 3 is 2.91 bits per heavy atom. The lowest BCUT2D eigenvalue weighted by atomic mass is 10.1. The van der Waals surface area contributed by atoms with Gasteiger partial charge in [-0.2, -0.15) is 0 Å². The minimum atomic E-state index is -0.0834. The van der Waals surface area contributed by atoms with Crippen molar-refractivity contribution in [3.8, 4) is 11.5 Å². The fourth-order valence-corrected chi connectivity index (χ4v) is 2.67. The lowest BCUT2D eigenvalue weighted by Crippen LogP contribution is -2.41. The first kappa shape index (κ1) is 15.1. The second-order valence-electron chi connectivity index (χ2n) is 5.59. The molecule has 6 heteroatoms. The highest BCUT2D eigenvalue weighted by Gasteiger charge is 2.20. The molecule has 1 aromatic rings. The molecule has 0 aliphatic carbocycles. The third kappa shape index (κ3) is 3.69. The number of nitrogens with one attached hydrogen (secondary N) is 2. The fraction of sp³-hybridized carbons (Fsp3) is 0.562. The van der Waals surface area contributed by atoms with E-state index in [1.807, 2.05) is 25.1 Å². The van der Waals surface area contributed by atoms with Crippen LogP contribution in [0, 0.1) is 0 Å². The summed E-state index contributed by atoms with van der Waals surface area (Å²) in [6.07, 6.45) is 0.336. The highest BCUT2D eigenvalue weighted by molar-refractivity contribution is 5.77. The zero-order valence-corrected chi connectivity index (χ0v) is 12.8. The Morgan fingerprint density at radius 2 is 2.14 bits per heavy atom. The standard InChI is InChI=1S/C16H22N2O4/c1-11(18-16(19)9-13-10-17-4-5-20-13)12-2-3-14-15(8-12)22-7-6-21-14/h2-3,8,11,13,17H,4-7,9-10H2,1H3,(H,18,19). The molecule has 0 saturated carbocycles. The summed E-state index contributed by atoms with van der Waals surface area (Å²) in [7, 11) is 0. The van der Waals surface area contributed by atoms with Crippen molar-refractivity contribution >= 4 is 5.91 Å². The lowest BCUT2D eigenvalue weighted by Gasteiger charge is -2.24. The van der Waals surface area contributed by atoms with Crippen LogP contribution < -0.4 is 20.1 Å². The van der Waals surface area contributed by atoms with Gasteiger partial charge in [0.15, 0.2) is 11.5 Å². The first-order chi connectivity index (χ1) is 10.7. The van der Waals surface area contributed by atoms with Gasteiger partial charge < -0.3 is 24.8 Å². The normalized spacial score (nSPS) is 22.0. The molecule has 1 aromatic carbocycles. The van der Waals surface area contributed by atoms with E-state index >= 15 is 0 Å². The summed E-state index contributed by atoms with van der Waals surface area (Å²) in [5, 5.41) is 6.23. The number of hydrogen-bond acceptors (Lipinski definition) is 5. The second-order valence-corrected chi connectivity index (χ2v) is 5.59. The van der Waals surface area contributed by atoms with E-state index in [0.29, 0.717) is 26.2 Å². The van der Waals surface area contributed by atoms with Crippen molar-refractivity contribution in [2.45, 2.75) is 25.5 Å². The van der Waals surface area contributed by atoms with Crippen molar-refractivity contribution in [3.63, 3.8) is 0 Å². The molecule has 2 heterocycles. The summed E-state index contributed by atoms with van der Waals surface area (Å²) in [6, 6.07) is 5.69. The van der Waals surface area contributed by atoms with E-state index in [1.165, 1.54) is 0 Å². The molecule has 1 fully saturated rings. The minimum absolute atomic E-state index is 0.00362. The Kier molecular flexibility index (Phi) is 4.80. The molecule has 22 heavy (non-hydrogen) atoms. The maximum absolute atomic E-state index is 12.1. The molecule has 2 aliphatic rings. The molecule has 120 valence electrons. The van der Waals surface area contributed by atoms with E-state index in [0.717, 1.165) is 30.2 Å². The van der Waals surface area contributed by atoms with Crippen molar-refractivity contribution in [1.82, 2.24) is 10.6 Å². The van der Waals surface area contributed by atoms with Crippen LogP contribution in [0.3, 0.4) is 0 Å². The number of amides is 1. The van der Waals surface area contributed by atoms with Gasteiger partial charge in [-0.15, -0.1) is 0 Å². The molecule has 2 atom stereocenters. The summed E-state index contributed by atoms with van der Waals surface area (Å²) >= 11 is 0. The minimum Gasteiger partial charge on any atom is -0.486 e. The molecule has 2 unspecified atom stereocenters. The molecule has 1 saturated heterocycles. The maximum Gasteiger partial charge on any atom is 0.223 e. The molecule has 0 bridgehead atoms. The van der Waals surface area contributed by atoms with Gasteiger partial charge in [0.2, 0.25) is 5.91 Å². The van der Waals surface area contributed by atoms with Crippen LogP contribution in [0.25, 0.3) is 0 Å². The number of hydrogen-bond donors (Lipinski definition) is 2. The predicted molar refractivity (Wildman–Crippen MR) is 81.2 cm³/mol. The van der Waals surface area contributed by atoms with E-state index in [1.54, 1.807) is 0 Å². The summed E-state index contributed by atoms with van der Waals surface area (Å²) in [6.45, 7) is 5.34. The molecule has 6 nitrogen and oxygen atoms in total. The summed E-state index contributed by atoms with van der Waals surface area (Å²) < 4.78 is 16.6. The van der Waals surface area contributed by atoms with Crippen LogP contribution in [0.4, 0.5) is 0 Å². The smallest absolute Gasteiger partial charge is 0.223 e. The van der Waals surface area contributed by atoms with Gasteiger partial charge in [-0.1, -0.05) is 6.07 Å². The maximum atomic E-state index is 12.1. The fourth-order valence-electron chi connectivity index (χ4n) is 2.67. The Morgan fingerprint density at radius 1 is 1.32 bits per heavy atom. The molecule has 2 N–H and O–H groups in total. The molecule has 1 amide bonds.